The number of halogens is 2. The molecule has 0 bridgehead atoms. The molecule has 0 spiro atoms. The molecule has 1 N–H and O–H groups in total. The number of rotatable bonds is 7. The van der Waals surface area contributed by atoms with Crippen molar-refractivity contribution < 1.29 is 14.2 Å². The highest BCUT2D eigenvalue weighted by Gasteiger charge is 2.32. The van der Waals surface area contributed by atoms with Crippen LogP contribution in [0.25, 0.3) is 0 Å². The van der Waals surface area contributed by atoms with Crippen LogP contribution in [0, 0.1) is 0 Å². The Labute approximate surface area is 168 Å². The Kier molecular flexibility index (Phi) is 8.97. The second kappa shape index (κ2) is 10.00. The fourth-order valence-corrected chi connectivity index (χ4v) is 3.68. The number of nitrogens with one attached hydrogen (secondary N) is 1. The van der Waals surface area contributed by atoms with Crippen molar-refractivity contribution in [2.45, 2.75) is 52.0 Å². The van der Waals surface area contributed by atoms with Crippen molar-refractivity contribution in [3.63, 3.8) is 0 Å². The summed E-state index contributed by atoms with van der Waals surface area (Å²) in [4.78, 5) is 2.50. The lowest BCUT2D eigenvalue weighted by atomic mass is 10.00. The Morgan fingerprint density at radius 3 is 2.35 bits per heavy atom. The van der Waals surface area contributed by atoms with Crippen LogP contribution < -0.4 is 14.8 Å². The van der Waals surface area contributed by atoms with E-state index in [1.807, 2.05) is 12.1 Å². The number of morpholine rings is 1. The van der Waals surface area contributed by atoms with Gasteiger partial charge in [0.05, 0.1) is 31.5 Å². The molecule has 2 unspecified atom stereocenters. The summed E-state index contributed by atoms with van der Waals surface area (Å²) in [7, 11) is 3.21. The van der Waals surface area contributed by atoms with Gasteiger partial charge in [-0.25, -0.2) is 0 Å². The van der Waals surface area contributed by atoms with E-state index in [0.29, 0.717) is 16.5 Å². The predicted molar refractivity (Wildman–Crippen MR) is 109 cm³/mol. The highest BCUT2D eigenvalue weighted by molar-refractivity contribution is 6.32. The second-order valence-electron chi connectivity index (χ2n) is 7.39. The van der Waals surface area contributed by atoms with E-state index in [4.69, 9.17) is 25.8 Å². The van der Waals surface area contributed by atoms with Gasteiger partial charge in [0.15, 0.2) is 11.5 Å². The number of ether oxygens (including phenoxy) is 3. The third-order valence-corrected chi connectivity index (χ3v) is 4.94. The predicted octanol–water partition coefficient (Wildman–Crippen LogP) is 3.76. The van der Waals surface area contributed by atoms with E-state index in [1.54, 1.807) is 14.2 Å². The summed E-state index contributed by atoms with van der Waals surface area (Å²) in [6, 6.07) is 3.88. The van der Waals surface area contributed by atoms with Gasteiger partial charge < -0.3 is 19.5 Å². The van der Waals surface area contributed by atoms with E-state index in [2.05, 4.69) is 37.9 Å². The molecule has 7 heteroatoms. The van der Waals surface area contributed by atoms with E-state index < -0.39 is 0 Å². The number of methoxy groups -OCH3 is 2. The van der Waals surface area contributed by atoms with Crippen LogP contribution in [0.1, 0.15) is 33.3 Å². The van der Waals surface area contributed by atoms with Crippen molar-refractivity contribution in [1.29, 1.82) is 0 Å². The quantitative estimate of drug-likeness (QED) is 0.746. The van der Waals surface area contributed by atoms with E-state index in [0.717, 1.165) is 31.7 Å². The first-order valence-corrected chi connectivity index (χ1v) is 9.16. The summed E-state index contributed by atoms with van der Waals surface area (Å²) in [5.41, 5.74) is 1.12. The van der Waals surface area contributed by atoms with Crippen molar-refractivity contribution in [2.24, 2.45) is 0 Å². The molecule has 0 aliphatic carbocycles. The summed E-state index contributed by atoms with van der Waals surface area (Å²) < 4.78 is 16.5. The van der Waals surface area contributed by atoms with Gasteiger partial charge in [0.25, 0.3) is 0 Å². The van der Waals surface area contributed by atoms with Crippen molar-refractivity contribution >= 4 is 24.0 Å². The Morgan fingerprint density at radius 2 is 1.81 bits per heavy atom. The molecule has 2 rings (SSSR count). The fraction of sp³-hybridized carbons (Fsp3) is 0.684. The molecule has 0 amide bonds. The maximum atomic E-state index is 6.28. The van der Waals surface area contributed by atoms with E-state index >= 15 is 0 Å². The van der Waals surface area contributed by atoms with Gasteiger partial charge in [0.2, 0.25) is 0 Å². The first-order valence-electron chi connectivity index (χ1n) is 8.78. The maximum Gasteiger partial charge on any atom is 0.179 e. The molecule has 1 heterocycles. The molecule has 2 atom stereocenters. The molecule has 1 aromatic rings. The van der Waals surface area contributed by atoms with Gasteiger partial charge >= 0.3 is 0 Å². The van der Waals surface area contributed by atoms with Gasteiger partial charge in [-0.15, -0.1) is 12.4 Å². The number of hydrogen-bond acceptors (Lipinski definition) is 5. The van der Waals surface area contributed by atoms with Crippen LogP contribution in [0.4, 0.5) is 0 Å². The van der Waals surface area contributed by atoms with Crippen LogP contribution in [-0.2, 0) is 11.3 Å². The lowest BCUT2D eigenvalue weighted by Gasteiger charge is -2.45. The van der Waals surface area contributed by atoms with Crippen LogP contribution >= 0.6 is 24.0 Å². The summed E-state index contributed by atoms with van der Waals surface area (Å²) in [5, 5.41) is 4.11. The first kappa shape index (κ1) is 23.3. The highest BCUT2D eigenvalue weighted by atomic mass is 35.5. The molecule has 0 radical (unpaired) electrons. The standard InChI is InChI=1S/C19H31ClN2O3.ClH/c1-13-10-22(11-14(2)25-13)19(3,4)12-21-9-15-7-16(20)18(24-6)17(8-15)23-5;/h7-8,13-14,21H,9-12H2,1-6H3;1H. The summed E-state index contributed by atoms with van der Waals surface area (Å²) in [6.45, 7) is 12.3. The van der Waals surface area contributed by atoms with Crippen molar-refractivity contribution in [1.82, 2.24) is 10.2 Å². The van der Waals surface area contributed by atoms with Crippen molar-refractivity contribution in [3.05, 3.63) is 22.7 Å². The van der Waals surface area contributed by atoms with Gasteiger partial charge in [-0.1, -0.05) is 11.6 Å². The topological polar surface area (TPSA) is 43.0 Å². The van der Waals surface area contributed by atoms with Gasteiger partial charge in [0.1, 0.15) is 0 Å². The Balaban J connectivity index is 0.00000338. The normalized spacial score (nSPS) is 21.2. The van der Waals surface area contributed by atoms with Crippen LogP contribution in [0.3, 0.4) is 0 Å². The van der Waals surface area contributed by atoms with E-state index in [1.165, 1.54) is 0 Å². The lowest BCUT2D eigenvalue weighted by molar-refractivity contribution is -0.0952. The van der Waals surface area contributed by atoms with Crippen LogP contribution in [0.5, 0.6) is 11.5 Å². The van der Waals surface area contributed by atoms with Crippen molar-refractivity contribution in [2.75, 3.05) is 33.9 Å². The minimum Gasteiger partial charge on any atom is -0.493 e. The molecule has 150 valence electrons. The van der Waals surface area contributed by atoms with Crippen LogP contribution in [0.15, 0.2) is 12.1 Å². The van der Waals surface area contributed by atoms with Gasteiger partial charge in [0, 0.05) is 31.7 Å². The summed E-state index contributed by atoms with van der Waals surface area (Å²) >= 11 is 6.28. The molecule has 1 aliphatic rings. The average Bonchev–Trinajstić information content (AvgIpc) is 2.53. The molecule has 1 saturated heterocycles. The van der Waals surface area contributed by atoms with E-state index in [-0.39, 0.29) is 30.2 Å². The molecule has 1 aromatic carbocycles. The molecule has 0 saturated carbocycles. The highest BCUT2D eigenvalue weighted by Crippen LogP contribution is 2.36. The van der Waals surface area contributed by atoms with Crippen LogP contribution in [0.2, 0.25) is 5.02 Å². The van der Waals surface area contributed by atoms with Gasteiger partial charge in [-0.3, -0.25) is 4.90 Å². The minimum absolute atomic E-state index is 0. The smallest absolute Gasteiger partial charge is 0.179 e. The zero-order valence-corrected chi connectivity index (χ0v) is 18.2. The first-order chi connectivity index (χ1) is 11.8. The Morgan fingerprint density at radius 1 is 1.19 bits per heavy atom. The summed E-state index contributed by atoms with van der Waals surface area (Å²) in [6.07, 6.45) is 0.542. The lowest BCUT2D eigenvalue weighted by Crippen LogP contribution is -2.58. The van der Waals surface area contributed by atoms with E-state index in [9.17, 15) is 0 Å². The molecule has 1 aliphatic heterocycles. The number of hydrogen-bond donors (Lipinski definition) is 1. The van der Waals surface area contributed by atoms with Gasteiger partial charge in [-0.05, 0) is 45.4 Å². The molecule has 26 heavy (non-hydrogen) atoms. The third-order valence-electron chi connectivity index (χ3n) is 4.66. The van der Waals surface area contributed by atoms with Gasteiger partial charge in [-0.2, -0.15) is 0 Å². The zero-order valence-electron chi connectivity index (χ0n) is 16.6. The minimum atomic E-state index is 0. The Hall–Kier alpha value is -0.720. The molecular weight excluding hydrogens is 375 g/mol. The summed E-state index contributed by atoms with van der Waals surface area (Å²) in [5.74, 6) is 1.23. The molecule has 5 nitrogen and oxygen atoms in total. The largest absolute Gasteiger partial charge is 0.493 e. The van der Waals surface area contributed by atoms with Crippen LogP contribution in [-0.4, -0.2) is 56.5 Å². The fourth-order valence-electron chi connectivity index (χ4n) is 3.37. The average molecular weight is 407 g/mol. The SMILES string of the molecule is COc1cc(CNCC(C)(C)N2CC(C)OC(C)C2)cc(Cl)c1OC.Cl. The zero-order chi connectivity index (χ0) is 18.6. The second-order valence-corrected chi connectivity index (χ2v) is 7.80. The maximum absolute atomic E-state index is 6.28. The number of benzene rings is 1. The third kappa shape index (κ3) is 5.89. The molecule has 0 aromatic heterocycles. The van der Waals surface area contributed by atoms with Crippen molar-refractivity contribution in [3.8, 4) is 11.5 Å². The Bertz CT molecular complexity index is 574. The monoisotopic (exact) mass is 406 g/mol. The molecular formula is C19H32Cl2N2O3. The molecule has 1 fully saturated rings. The number of nitrogens with zero attached hydrogens (tertiary/aromatic N) is 1.